The molecule has 0 saturated heterocycles. The van der Waals surface area contributed by atoms with Crippen LogP contribution in [0, 0.1) is 6.92 Å². The number of para-hydroxylation sites is 2. The summed E-state index contributed by atoms with van der Waals surface area (Å²) in [7, 11) is 1.61. The lowest BCUT2D eigenvalue weighted by Crippen LogP contribution is -2.44. The third-order valence-corrected chi connectivity index (χ3v) is 6.14. The molecule has 0 bridgehead atoms. The highest BCUT2D eigenvalue weighted by Gasteiger charge is 2.33. The van der Waals surface area contributed by atoms with Gasteiger partial charge in [0.15, 0.2) is 11.5 Å². The zero-order valence-electron chi connectivity index (χ0n) is 18.1. The largest absolute Gasteiger partial charge is 0.497 e. The monoisotopic (exact) mass is 459 g/mol. The van der Waals surface area contributed by atoms with Crippen molar-refractivity contribution in [3.8, 4) is 17.2 Å². The van der Waals surface area contributed by atoms with E-state index in [0.29, 0.717) is 16.6 Å². The zero-order valence-corrected chi connectivity index (χ0v) is 18.9. The van der Waals surface area contributed by atoms with Crippen molar-refractivity contribution in [1.29, 1.82) is 0 Å². The third kappa shape index (κ3) is 4.38. The number of ether oxygens (including phenoxy) is 3. The molecule has 1 unspecified atom stereocenters. The van der Waals surface area contributed by atoms with Crippen LogP contribution in [0.5, 0.6) is 17.2 Å². The number of carbonyl (C=O) groups excluding carboxylic acids is 1. The van der Waals surface area contributed by atoms with E-state index in [4.69, 9.17) is 14.2 Å². The van der Waals surface area contributed by atoms with E-state index in [1.54, 1.807) is 19.4 Å². The summed E-state index contributed by atoms with van der Waals surface area (Å²) in [5.74, 6) is 1.53. The molecule has 33 heavy (non-hydrogen) atoms. The normalized spacial score (nSPS) is 15.0. The summed E-state index contributed by atoms with van der Waals surface area (Å²) in [6.07, 6.45) is 0.772. The van der Waals surface area contributed by atoms with Crippen LogP contribution in [-0.2, 0) is 4.79 Å². The molecule has 0 fully saturated rings. The minimum Gasteiger partial charge on any atom is -0.497 e. The number of carbonyl (C=O) groups is 1. The average Bonchev–Trinajstić information content (AvgIpc) is 3.27. The lowest BCUT2D eigenvalue weighted by molar-refractivity contribution is -0.127. The maximum absolute atomic E-state index is 13.5. The Kier molecular flexibility index (Phi) is 5.66. The van der Waals surface area contributed by atoms with Gasteiger partial charge in [0.25, 0.3) is 5.91 Å². The van der Waals surface area contributed by atoms with Gasteiger partial charge in [-0.2, -0.15) is 10.1 Å². The maximum atomic E-state index is 13.5. The number of thiazole rings is 1. The number of benzene rings is 3. The number of hydrogen-bond donors (Lipinski definition) is 0. The first-order valence-corrected chi connectivity index (χ1v) is 11.2. The van der Waals surface area contributed by atoms with Crippen LogP contribution in [0.3, 0.4) is 0 Å². The van der Waals surface area contributed by atoms with Crippen LogP contribution in [0.4, 0.5) is 5.13 Å². The van der Waals surface area contributed by atoms with E-state index in [9.17, 15) is 4.79 Å². The molecule has 0 aliphatic carbocycles. The lowest BCUT2D eigenvalue weighted by atomic mass is 10.2. The van der Waals surface area contributed by atoms with E-state index in [1.807, 2.05) is 67.6 Å². The Morgan fingerprint density at radius 3 is 2.73 bits per heavy atom. The van der Waals surface area contributed by atoms with Crippen molar-refractivity contribution in [2.75, 3.05) is 18.7 Å². The van der Waals surface area contributed by atoms with Gasteiger partial charge in [0.05, 0.1) is 23.5 Å². The highest BCUT2D eigenvalue weighted by molar-refractivity contribution is 7.22. The topological polar surface area (TPSA) is 73.2 Å². The summed E-state index contributed by atoms with van der Waals surface area (Å²) in [5.41, 5.74) is 2.75. The molecule has 0 radical (unpaired) electrons. The molecule has 1 atom stereocenters. The predicted octanol–water partition coefficient (Wildman–Crippen LogP) is 4.82. The van der Waals surface area contributed by atoms with Crippen molar-refractivity contribution in [3.63, 3.8) is 0 Å². The molecule has 2 heterocycles. The Morgan fingerprint density at radius 1 is 1.15 bits per heavy atom. The molecular formula is C25H21N3O4S. The van der Waals surface area contributed by atoms with Gasteiger partial charge in [-0.25, -0.2) is 4.98 Å². The van der Waals surface area contributed by atoms with E-state index in [-0.39, 0.29) is 12.5 Å². The minimum atomic E-state index is -0.846. The quantitative estimate of drug-likeness (QED) is 0.316. The summed E-state index contributed by atoms with van der Waals surface area (Å²) in [6, 6.07) is 20.7. The van der Waals surface area contributed by atoms with Crippen LogP contribution in [-0.4, -0.2) is 36.9 Å². The van der Waals surface area contributed by atoms with E-state index >= 15 is 0 Å². The highest BCUT2D eigenvalue weighted by atomic mass is 32.1. The van der Waals surface area contributed by atoms with Crippen molar-refractivity contribution in [2.45, 2.75) is 13.0 Å². The Bertz CT molecular complexity index is 1330. The first kappa shape index (κ1) is 21.0. The summed E-state index contributed by atoms with van der Waals surface area (Å²) in [5, 5.41) is 6.26. The summed E-state index contributed by atoms with van der Waals surface area (Å²) >= 11 is 1.40. The second-order valence-electron chi connectivity index (χ2n) is 7.50. The molecule has 5 rings (SSSR count). The van der Waals surface area contributed by atoms with Crippen LogP contribution in [0.25, 0.3) is 10.2 Å². The number of methoxy groups -OCH3 is 1. The molecule has 1 aliphatic rings. The number of aromatic nitrogens is 1. The average molecular weight is 460 g/mol. The first-order chi connectivity index (χ1) is 16.1. The maximum Gasteiger partial charge on any atom is 0.294 e. The third-order valence-electron chi connectivity index (χ3n) is 5.14. The van der Waals surface area contributed by atoms with Gasteiger partial charge in [-0.15, -0.1) is 0 Å². The Labute approximate surface area is 194 Å². The van der Waals surface area contributed by atoms with Gasteiger partial charge in [0.1, 0.15) is 12.4 Å². The minimum absolute atomic E-state index is 0.0917. The number of anilines is 1. The number of rotatable bonds is 5. The van der Waals surface area contributed by atoms with Gasteiger partial charge >= 0.3 is 0 Å². The molecule has 1 aromatic heterocycles. The van der Waals surface area contributed by atoms with Gasteiger partial charge in [-0.3, -0.25) is 4.79 Å². The molecule has 1 amide bonds. The van der Waals surface area contributed by atoms with Crippen LogP contribution in [0.2, 0.25) is 0 Å². The van der Waals surface area contributed by atoms with Gasteiger partial charge in [0, 0.05) is 0 Å². The molecule has 0 spiro atoms. The second kappa shape index (κ2) is 8.91. The first-order valence-electron chi connectivity index (χ1n) is 10.4. The second-order valence-corrected chi connectivity index (χ2v) is 8.51. The standard InChI is InChI=1S/C25H21N3O4S/c1-16-7-12-19-23(13-16)33-25(27-19)28(26-14-17-8-10-18(30-2)11-9-17)24(29)22-15-31-20-5-3-4-6-21(20)32-22/h3-14,22H,15H2,1-2H3/b26-14+. The Balaban J connectivity index is 1.48. The van der Waals surface area contributed by atoms with Crippen molar-refractivity contribution < 1.29 is 19.0 Å². The number of aryl methyl sites for hydroxylation is 1. The number of nitrogens with zero attached hydrogens (tertiary/aromatic N) is 3. The van der Waals surface area contributed by atoms with Gasteiger partial charge in [-0.1, -0.05) is 29.5 Å². The van der Waals surface area contributed by atoms with Gasteiger partial charge in [0.2, 0.25) is 11.2 Å². The van der Waals surface area contributed by atoms with Crippen LogP contribution in [0.1, 0.15) is 11.1 Å². The van der Waals surface area contributed by atoms with Crippen LogP contribution >= 0.6 is 11.3 Å². The van der Waals surface area contributed by atoms with E-state index in [0.717, 1.165) is 27.1 Å². The zero-order chi connectivity index (χ0) is 22.8. The SMILES string of the molecule is COc1ccc(/C=N/N(C(=O)C2COc3ccccc3O2)c2nc3ccc(C)cc3s2)cc1. The summed E-state index contributed by atoms with van der Waals surface area (Å²) in [6.45, 7) is 2.11. The molecular weight excluding hydrogens is 438 g/mol. The smallest absolute Gasteiger partial charge is 0.294 e. The van der Waals surface area contributed by atoms with Crippen LogP contribution < -0.4 is 19.2 Å². The Hall–Kier alpha value is -3.91. The lowest BCUT2D eigenvalue weighted by Gasteiger charge is -2.27. The molecule has 8 heteroatoms. The van der Waals surface area contributed by atoms with Crippen molar-refractivity contribution in [2.24, 2.45) is 5.10 Å². The molecule has 0 saturated carbocycles. The van der Waals surface area contributed by atoms with Crippen molar-refractivity contribution in [1.82, 2.24) is 4.98 Å². The van der Waals surface area contributed by atoms with Crippen LogP contribution in [0.15, 0.2) is 71.8 Å². The molecule has 4 aromatic rings. The number of fused-ring (bicyclic) bond motifs is 2. The van der Waals surface area contributed by atoms with Crippen molar-refractivity contribution >= 4 is 38.8 Å². The fourth-order valence-corrected chi connectivity index (χ4v) is 4.43. The van der Waals surface area contributed by atoms with Crippen molar-refractivity contribution in [3.05, 3.63) is 77.9 Å². The Morgan fingerprint density at radius 2 is 1.94 bits per heavy atom. The number of hydrogen-bond acceptors (Lipinski definition) is 7. The van der Waals surface area contributed by atoms with E-state index < -0.39 is 6.10 Å². The number of hydrazone groups is 1. The summed E-state index contributed by atoms with van der Waals surface area (Å²) in [4.78, 5) is 18.2. The van der Waals surface area contributed by atoms with E-state index in [1.165, 1.54) is 16.3 Å². The molecule has 7 nitrogen and oxygen atoms in total. The fraction of sp³-hybridized carbons (Fsp3) is 0.160. The molecule has 3 aromatic carbocycles. The molecule has 1 aliphatic heterocycles. The molecule has 0 N–H and O–H groups in total. The summed E-state index contributed by atoms with van der Waals surface area (Å²) < 4.78 is 17.9. The van der Waals surface area contributed by atoms with E-state index in [2.05, 4.69) is 10.1 Å². The molecule has 166 valence electrons. The highest BCUT2D eigenvalue weighted by Crippen LogP contribution is 2.34. The fourth-order valence-electron chi connectivity index (χ4n) is 3.40. The van der Waals surface area contributed by atoms with Gasteiger partial charge < -0.3 is 14.2 Å². The number of amides is 1. The predicted molar refractivity (Wildman–Crippen MR) is 129 cm³/mol. The van der Waals surface area contributed by atoms with Gasteiger partial charge in [-0.05, 0) is 66.6 Å².